The van der Waals surface area contributed by atoms with Gasteiger partial charge in [-0.15, -0.1) is 0 Å². The summed E-state index contributed by atoms with van der Waals surface area (Å²) >= 11 is 0. The minimum atomic E-state index is -0.0879. The zero-order chi connectivity index (χ0) is 60.2. The highest BCUT2D eigenvalue weighted by Crippen LogP contribution is 2.36. The molecule has 0 radical (unpaired) electrons. The number of para-hydroxylation sites is 4. The molecule has 11 aromatic carbocycles. The SMILES string of the molecule is Cc1cc(C)c(B(c2cc(C=Cc3ccc(N(c4ccccc4)c4ccccc4)cc3)c(B(c3c(C)cc(C)cc3C)c3c(C)cc(C)cc3C)cc2C=Cc2ccc(N(c3ccccc3)c3ccccc3)cc2)c2c(C)cc(C)cc2C)c(C)c1. The summed E-state index contributed by atoms with van der Waals surface area (Å²) in [7, 11) is 0. The van der Waals surface area contributed by atoms with Crippen molar-refractivity contribution in [1.29, 1.82) is 0 Å². The smallest absolute Gasteiger partial charge is 0.243 e. The second kappa shape index (κ2) is 25.5. The molecule has 2 nitrogen and oxygen atoms in total. The molecule has 86 heavy (non-hydrogen) atoms. The molecule has 0 aliphatic rings. The van der Waals surface area contributed by atoms with Crippen molar-refractivity contribution in [2.24, 2.45) is 0 Å². The molecule has 11 rings (SSSR count). The third-order valence-corrected chi connectivity index (χ3v) is 17.3. The van der Waals surface area contributed by atoms with Crippen molar-refractivity contribution < 1.29 is 0 Å². The molecule has 0 N–H and O–H groups in total. The number of anilines is 6. The number of hydrogen-bond acceptors (Lipinski definition) is 2. The van der Waals surface area contributed by atoms with Gasteiger partial charge in [0.15, 0.2) is 0 Å². The van der Waals surface area contributed by atoms with Gasteiger partial charge in [0, 0.05) is 34.1 Å². The Morgan fingerprint density at radius 3 is 0.663 bits per heavy atom. The van der Waals surface area contributed by atoms with Crippen LogP contribution < -0.4 is 42.6 Å². The maximum Gasteiger partial charge on any atom is 0.243 e. The van der Waals surface area contributed by atoms with E-state index in [1.165, 1.54) is 111 Å². The molecule has 0 fully saturated rings. The van der Waals surface area contributed by atoms with Gasteiger partial charge in [0.1, 0.15) is 0 Å². The average molecular weight is 1110 g/mol. The summed E-state index contributed by atoms with van der Waals surface area (Å²) < 4.78 is 0. The molecule has 0 aromatic heterocycles. The average Bonchev–Trinajstić information content (AvgIpc) is 0.918. The summed E-state index contributed by atoms with van der Waals surface area (Å²) in [5.41, 5.74) is 34.8. The van der Waals surface area contributed by atoms with E-state index in [9.17, 15) is 0 Å². The third kappa shape index (κ3) is 12.4. The Morgan fingerprint density at radius 1 is 0.233 bits per heavy atom. The number of nitrogens with zero attached hydrogens (tertiary/aromatic N) is 2. The van der Waals surface area contributed by atoms with Crippen LogP contribution in [0.5, 0.6) is 0 Å². The summed E-state index contributed by atoms with van der Waals surface area (Å²) in [5, 5.41) is 0. The van der Waals surface area contributed by atoms with Crippen molar-refractivity contribution in [1.82, 2.24) is 0 Å². The predicted molar refractivity (Wildman–Crippen MR) is 378 cm³/mol. The Bertz CT molecular complexity index is 3710. The van der Waals surface area contributed by atoms with Gasteiger partial charge in [0.25, 0.3) is 0 Å². The first-order valence-electron chi connectivity index (χ1n) is 30.5. The Balaban J connectivity index is 1.18. The van der Waals surface area contributed by atoms with Crippen molar-refractivity contribution >= 4 is 105 Å². The van der Waals surface area contributed by atoms with Gasteiger partial charge >= 0.3 is 0 Å². The molecular formula is C82H78B2N2. The molecule has 0 unspecified atom stereocenters. The van der Waals surface area contributed by atoms with Crippen molar-refractivity contribution in [3.05, 3.63) is 320 Å². The van der Waals surface area contributed by atoms with Crippen LogP contribution in [0, 0.1) is 83.1 Å². The standard InChI is InChI=1S/C82H78B2N2/c1-55-45-59(5)79(60(6)46-55)83(80-61(7)47-56(2)48-62(80)8)77-53-70(40-34-68-37-43-76(44-38-68)86(73-29-21-15-22-30-73)74-31-23-16-24-32-74)78(84(81-63(9)49-57(3)50-64(81)10)82-65(11)51-58(4)52-66(82)12)54-69(77)39-33-67-35-41-75(42-36-67)85(71-25-17-13-18-26-71)72-27-19-14-20-28-72/h13-54H,1-12H3. The maximum absolute atomic E-state index is 2.58. The van der Waals surface area contributed by atoms with Crippen LogP contribution in [0.1, 0.15) is 89.0 Å². The van der Waals surface area contributed by atoms with E-state index in [1.54, 1.807) is 0 Å². The second-order valence-electron chi connectivity index (χ2n) is 24.1. The highest BCUT2D eigenvalue weighted by Gasteiger charge is 2.35. The van der Waals surface area contributed by atoms with Crippen LogP contribution in [-0.4, -0.2) is 13.4 Å². The maximum atomic E-state index is 2.58. The Morgan fingerprint density at radius 2 is 0.442 bits per heavy atom. The van der Waals surface area contributed by atoms with E-state index in [0.29, 0.717) is 0 Å². The summed E-state index contributed by atoms with van der Waals surface area (Å²) in [6.45, 7) is 27.3. The third-order valence-electron chi connectivity index (χ3n) is 17.3. The minimum absolute atomic E-state index is 0.0879. The van der Waals surface area contributed by atoms with Crippen molar-refractivity contribution in [2.45, 2.75) is 83.1 Å². The van der Waals surface area contributed by atoms with Crippen LogP contribution >= 0.6 is 0 Å². The summed E-state index contributed by atoms with van der Waals surface area (Å²) in [4.78, 5) is 4.66. The first kappa shape index (κ1) is 58.4. The van der Waals surface area contributed by atoms with Gasteiger partial charge in [-0.2, -0.15) is 0 Å². The number of rotatable bonds is 16. The van der Waals surface area contributed by atoms with Crippen LogP contribution in [0.15, 0.2) is 231 Å². The van der Waals surface area contributed by atoms with E-state index in [2.05, 4.69) is 348 Å². The topological polar surface area (TPSA) is 6.48 Å². The monoisotopic (exact) mass is 1110 g/mol. The second-order valence-corrected chi connectivity index (χ2v) is 24.1. The zero-order valence-electron chi connectivity index (χ0n) is 52.3. The van der Waals surface area contributed by atoms with Crippen LogP contribution in [0.25, 0.3) is 24.3 Å². The molecule has 0 spiro atoms. The lowest BCUT2D eigenvalue weighted by molar-refractivity contribution is 1.28. The van der Waals surface area contributed by atoms with Crippen LogP contribution in [-0.2, 0) is 0 Å². The minimum Gasteiger partial charge on any atom is -0.311 e. The van der Waals surface area contributed by atoms with Gasteiger partial charge in [0.05, 0.1) is 0 Å². The van der Waals surface area contributed by atoms with Crippen molar-refractivity contribution in [2.75, 3.05) is 9.80 Å². The molecule has 0 amide bonds. The van der Waals surface area contributed by atoms with Gasteiger partial charge in [-0.05, 0) is 178 Å². The Labute approximate surface area is 514 Å². The zero-order valence-corrected chi connectivity index (χ0v) is 52.3. The largest absolute Gasteiger partial charge is 0.311 e. The Hall–Kier alpha value is -9.37. The van der Waals surface area contributed by atoms with E-state index >= 15 is 0 Å². The Kier molecular flexibility index (Phi) is 17.3. The number of benzene rings is 11. The lowest BCUT2D eigenvalue weighted by Crippen LogP contribution is -2.59. The summed E-state index contributed by atoms with van der Waals surface area (Å²) in [5.74, 6) is 0. The normalized spacial score (nSPS) is 11.4. The highest BCUT2D eigenvalue weighted by molar-refractivity contribution is 6.98. The molecule has 0 bridgehead atoms. The van der Waals surface area contributed by atoms with E-state index in [-0.39, 0.29) is 13.4 Å². The van der Waals surface area contributed by atoms with Gasteiger partial charge < -0.3 is 9.80 Å². The van der Waals surface area contributed by atoms with Gasteiger partial charge in [-0.3, -0.25) is 0 Å². The van der Waals surface area contributed by atoms with Crippen molar-refractivity contribution in [3.8, 4) is 0 Å². The fourth-order valence-electron chi connectivity index (χ4n) is 14.0. The van der Waals surface area contributed by atoms with Gasteiger partial charge in [0.2, 0.25) is 13.4 Å². The van der Waals surface area contributed by atoms with Crippen molar-refractivity contribution in [3.63, 3.8) is 0 Å². The van der Waals surface area contributed by atoms with E-state index in [1.807, 2.05) is 0 Å². The fourth-order valence-corrected chi connectivity index (χ4v) is 14.0. The molecule has 0 saturated carbocycles. The van der Waals surface area contributed by atoms with Crippen LogP contribution in [0.4, 0.5) is 34.1 Å². The molecule has 0 heterocycles. The van der Waals surface area contributed by atoms with Crippen LogP contribution in [0.3, 0.4) is 0 Å². The molecule has 0 aliphatic carbocycles. The first-order chi connectivity index (χ1) is 41.6. The quantitative estimate of drug-likeness (QED) is 0.0703. The van der Waals surface area contributed by atoms with E-state index in [4.69, 9.17) is 0 Å². The molecule has 422 valence electrons. The summed E-state index contributed by atoms with van der Waals surface area (Å²) in [6.07, 6.45) is 9.52. The number of aryl methyl sites for hydroxylation is 12. The highest BCUT2D eigenvalue weighted by atomic mass is 15.1. The summed E-state index contributed by atoms with van der Waals surface area (Å²) in [6, 6.07) is 85.0. The lowest BCUT2D eigenvalue weighted by Gasteiger charge is -2.29. The van der Waals surface area contributed by atoms with E-state index < -0.39 is 0 Å². The van der Waals surface area contributed by atoms with E-state index in [0.717, 1.165) is 45.3 Å². The fraction of sp³-hybridized carbons (Fsp3) is 0.146. The molecule has 4 heteroatoms. The van der Waals surface area contributed by atoms with Gasteiger partial charge in [-0.1, -0.05) is 282 Å². The predicted octanol–water partition coefficient (Wildman–Crippen LogP) is 17.7. The molecule has 0 atom stereocenters. The molecule has 11 aromatic rings. The van der Waals surface area contributed by atoms with Crippen LogP contribution in [0.2, 0.25) is 0 Å². The lowest BCUT2D eigenvalue weighted by atomic mass is 9.31. The number of hydrogen-bond donors (Lipinski definition) is 0. The molecular weight excluding hydrogens is 1030 g/mol. The van der Waals surface area contributed by atoms with Gasteiger partial charge in [-0.25, -0.2) is 0 Å². The first-order valence-corrected chi connectivity index (χ1v) is 30.5. The molecule has 0 saturated heterocycles. The molecule has 0 aliphatic heterocycles.